The minimum Gasteiger partial charge on any atom is -0.371 e. The number of fused-ring (bicyclic) bond motifs is 2. The molecule has 0 unspecified atom stereocenters. The molecule has 2 N–H and O–H groups in total. The summed E-state index contributed by atoms with van der Waals surface area (Å²) in [6.45, 7) is 8.29. The first-order chi connectivity index (χ1) is 19.8. The van der Waals surface area contributed by atoms with Crippen molar-refractivity contribution >= 4 is 44.9 Å². The lowest BCUT2D eigenvalue weighted by molar-refractivity contribution is 0.311. The maximum absolute atomic E-state index is 14.5. The molecule has 8 nitrogen and oxygen atoms in total. The molecule has 0 spiro atoms. The average molecular weight is 569 g/mol. The van der Waals surface area contributed by atoms with Crippen LogP contribution in [0.1, 0.15) is 45.3 Å². The Balaban J connectivity index is 1.52. The van der Waals surface area contributed by atoms with Gasteiger partial charge in [-0.25, -0.2) is 9.97 Å². The van der Waals surface area contributed by atoms with Crippen LogP contribution in [-0.4, -0.2) is 32.6 Å². The maximum atomic E-state index is 14.5. The van der Waals surface area contributed by atoms with E-state index in [1.165, 1.54) is 12.4 Å². The number of pyridine rings is 2. The summed E-state index contributed by atoms with van der Waals surface area (Å²) in [6.07, 6.45) is 5.15. The molecule has 0 radical (unpaired) electrons. The normalized spacial score (nSPS) is 15.1. The number of para-hydroxylation sites is 1. The van der Waals surface area contributed by atoms with E-state index in [0.717, 1.165) is 31.6 Å². The molecule has 0 saturated carbocycles. The zero-order chi connectivity index (χ0) is 28.7. The number of nitrogens with one attached hydrogen (secondary N) is 2. The second-order valence-electron chi connectivity index (χ2n) is 11.1. The van der Waals surface area contributed by atoms with Crippen LogP contribution in [0.25, 0.3) is 27.5 Å². The fourth-order valence-electron chi connectivity index (χ4n) is 6.08. The Labute approximate surface area is 243 Å². The first-order valence-electron chi connectivity index (χ1n) is 14.1. The van der Waals surface area contributed by atoms with Gasteiger partial charge in [0.05, 0.1) is 27.8 Å². The Morgan fingerprint density at radius 3 is 2.44 bits per heavy atom. The van der Waals surface area contributed by atoms with Gasteiger partial charge in [-0.3, -0.25) is 14.2 Å². The molecule has 3 aromatic heterocycles. The van der Waals surface area contributed by atoms with E-state index in [0.29, 0.717) is 55.9 Å². The standard InChI is InChI=1S/C32H33ClN6O2/c1-19(2)21-13-16-38(17-14-21)24-11-7-10-23-26(24)32(41)39(22-8-5-4-6-9-22)29(28(23)33)20(3)37-31-27-25(40)12-15-34-30(27)35-18-36-31/h4-12,15,18-21H,13-14,16-17H2,1-3H3,(H2,34,35,36,37,40)/t20-/m0/s1. The first kappa shape index (κ1) is 27.0. The number of H-pyrrole nitrogens is 1. The molecule has 1 aliphatic heterocycles. The average Bonchev–Trinajstić information content (AvgIpc) is 2.99. The van der Waals surface area contributed by atoms with Gasteiger partial charge in [0, 0.05) is 36.4 Å². The topological polar surface area (TPSA) is 95.9 Å². The van der Waals surface area contributed by atoms with Crippen molar-refractivity contribution in [1.82, 2.24) is 19.5 Å². The van der Waals surface area contributed by atoms with Crippen molar-refractivity contribution in [2.75, 3.05) is 23.3 Å². The summed E-state index contributed by atoms with van der Waals surface area (Å²) in [5.74, 6) is 1.71. The molecular weight excluding hydrogens is 536 g/mol. The molecule has 1 aliphatic rings. The Morgan fingerprint density at radius 2 is 1.71 bits per heavy atom. The Bertz CT molecular complexity index is 1840. The predicted molar refractivity (Wildman–Crippen MR) is 167 cm³/mol. The number of aromatic nitrogens is 4. The summed E-state index contributed by atoms with van der Waals surface area (Å²) in [4.78, 5) is 41.1. The van der Waals surface area contributed by atoms with E-state index < -0.39 is 6.04 Å². The minimum atomic E-state index is -0.483. The Hall–Kier alpha value is -4.17. The second kappa shape index (κ2) is 11.0. The molecule has 1 saturated heterocycles. The van der Waals surface area contributed by atoms with E-state index in [9.17, 15) is 9.59 Å². The van der Waals surface area contributed by atoms with Crippen LogP contribution in [0, 0.1) is 11.8 Å². The van der Waals surface area contributed by atoms with Gasteiger partial charge in [0.25, 0.3) is 5.56 Å². The molecule has 0 bridgehead atoms. The molecule has 41 heavy (non-hydrogen) atoms. The van der Waals surface area contributed by atoms with Crippen LogP contribution in [0.15, 0.2) is 76.7 Å². The van der Waals surface area contributed by atoms with Gasteiger partial charge in [0.2, 0.25) is 0 Å². The summed E-state index contributed by atoms with van der Waals surface area (Å²) in [6, 6.07) is 16.4. The SMILES string of the molecule is CC(C)C1CCN(c2cccc3c(Cl)c([C@H](C)Nc4ncnc5[nH]ccc(=O)c45)n(-c4ccccc4)c(=O)c23)CC1. The molecule has 5 aromatic rings. The van der Waals surface area contributed by atoms with E-state index in [4.69, 9.17) is 11.6 Å². The molecule has 2 aromatic carbocycles. The van der Waals surface area contributed by atoms with Crippen molar-refractivity contribution < 1.29 is 0 Å². The van der Waals surface area contributed by atoms with Crippen molar-refractivity contribution in [2.24, 2.45) is 11.8 Å². The van der Waals surface area contributed by atoms with E-state index in [1.54, 1.807) is 10.8 Å². The number of aromatic amines is 1. The lowest BCUT2D eigenvalue weighted by atomic mass is 9.86. The number of nitrogens with zero attached hydrogens (tertiary/aromatic N) is 4. The van der Waals surface area contributed by atoms with Crippen LogP contribution >= 0.6 is 11.6 Å². The lowest BCUT2D eigenvalue weighted by Gasteiger charge is -2.36. The van der Waals surface area contributed by atoms with Crippen LogP contribution in [0.4, 0.5) is 11.5 Å². The van der Waals surface area contributed by atoms with Crippen molar-refractivity contribution in [2.45, 2.75) is 39.7 Å². The van der Waals surface area contributed by atoms with Gasteiger partial charge < -0.3 is 15.2 Å². The number of hydrogen-bond donors (Lipinski definition) is 2. The molecule has 4 heterocycles. The first-order valence-corrected chi connectivity index (χ1v) is 14.5. The Morgan fingerprint density at radius 1 is 0.951 bits per heavy atom. The highest BCUT2D eigenvalue weighted by Gasteiger charge is 2.27. The van der Waals surface area contributed by atoms with Crippen molar-refractivity contribution in [1.29, 1.82) is 0 Å². The van der Waals surface area contributed by atoms with Gasteiger partial charge in [0.1, 0.15) is 23.2 Å². The fourth-order valence-corrected chi connectivity index (χ4v) is 6.49. The monoisotopic (exact) mass is 568 g/mol. The fraction of sp³-hybridized carbons (Fsp3) is 0.312. The zero-order valence-corrected chi connectivity index (χ0v) is 24.2. The molecule has 0 aliphatic carbocycles. The molecule has 6 rings (SSSR count). The number of halogens is 1. The highest BCUT2D eigenvalue weighted by Crippen LogP contribution is 2.37. The van der Waals surface area contributed by atoms with Crippen LogP contribution in [0.3, 0.4) is 0 Å². The number of anilines is 2. The van der Waals surface area contributed by atoms with Gasteiger partial charge in [-0.15, -0.1) is 0 Å². The highest BCUT2D eigenvalue weighted by atomic mass is 35.5. The van der Waals surface area contributed by atoms with E-state index in [-0.39, 0.29) is 11.0 Å². The van der Waals surface area contributed by atoms with Gasteiger partial charge >= 0.3 is 0 Å². The van der Waals surface area contributed by atoms with Crippen molar-refractivity contribution in [3.05, 3.63) is 98.4 Å². The number of benzene rings is 2. The van der Waals surface area contributed by atoms with Gasteiger partial charge in [0.15, 0.2) is 5.43 Å². The molecule has 0 amide bonds. The van der Waals surface area contributed by atoms with E-state index >= 15 is 0 Å². The lowest BCUT2D eigenvalue weighted by Crippen LogP contribution is -2.36. The summed E-state index contributed by atoms with van der Waals surface area (Å²) >= 11 is 7.24. The minimum absolute atomic E-state index is 0.133. The molecular formula is C32H33ClN6O2. The van der Waals surface area contributed by atoms with Gasteiger partial charge in [-0.05, 0) is 49.8 Å². The van der Waals surface area contributed by atoms with Crippen LogP contribution in [0.2, 0.25) is 5.02 Å². The van der Waals surface area contributed by atoms with Gasteiger partial charge in [-0.2, -0.15) is 0 Å². The summed E-state index contributed by atoms with van der Waals surface area (Å²) in [7, 11) is 0. The zero-order valence-electron chi connectivity index (χ0n) is 23.4. The van der Waals surface area contributed by atoms with E-state index in [1.807, 2.05) is 55.5 Å². The smallest absolute Gasteiger partial charge is 0.265 e. The second-order valence-corrected chi connectivity index (χ2v) is 11.5. The molecule has 1 atom stereocenters. The third-order valence-corrected chi connectivity index (χ3v) is 8.71. The van der Waals surface area contributed by atoms with E-state index in [2.05, 4.69) is 39.0 Å². The molecule has 210 valence electrons. The van der Waals surface area contributed by atoms with Gasteiger partial charge in [-0.1, -0.05) is 55.8 Å². The van der Waals surface area contributed by atoms with Crippen LogP contribution in [0.5, 0.6) is 0 Å². The number of piperidine rings is 1. The predicted octanol–water partition coefficient (Wildman–Crippen LogP) is 6.32. The summed E-state index contributed by atoms with van der Waals surface area (Å²) < 4.78 is 1.69. The van der Waals surface area contributed by atoms with Crippen molar-refractivity contribution in [3.63, 3.8) is 0 Å². The summed E-state index contributed by atoms with van der Waals surface area (Å²) in [5, 5.41) is 5.51. The summed E-state index contributed by atoms with van der Waals surface area (Å²) in [5.41, 5.74) is 2.31. The quantitative estimate of drug-likeness (QED) is 0.249. The maximum Gasteiger partial charge on any atom is 0.265 e. The third-order valence-electron chi connectivity index (χ3n) is 8.31. The van der Waals surface area contributed by atoms with Crippen LogP contribution in [-0.2, 0) is 0 Å². The van der Waals surface area contributed by atoms with Crippen molar-refractivity contribution in [3.8, 4) is 5.69 Å². The third kappa shape index (κ3) is 4.86. The number of hydrogen-bond acceptors (Lipinski definition) is 6. The number of rotatable bonds is 6. The van der Waals surface area contributed by atoms with Crippen LogP contribution < -0.4 is 21.2 Å². The largest absolute Gasteiger partial charge is 0.371 e. The Kier molecular flexibility index (Phi) is 7.26. The molecule has 1 fully saturated rings. The highest BCUT2D eigenvalue weighted by molar-refractivity contribution is 6.36. The molecule has 9 heteroatoms.